The molecule has 1 aromatic rings. The Kier molecular flexibility index (Phi) is 3.29. The molecule has 2 amide bonds. The summed E-state index contributed by atoms with van der Waals surface area (Å²) in [5.74, 6) is -0.496. The topological polar surface area (TPSA) is 62.6 Å². The van der Waals surface area contributed by atoms with Crippen molar-refractivity contribution in [3.8, 4) is 0 Å². The lowest BCUT2D eigenvalue weighted by Gasteiger charge is -2.24. The van der Waals surface area contributed by atoms with Crippen LogP contribution in [-0.4, -0.2) is 28.9 Å². The minimum atomic E-state index is -0.510. The first-order valence-corrected chi connectivity index (χ1v) is 6.08. The molecule has 5 nitrogen and oxygen atoms in total. The largest absolute Gasteiger partial charge is 0.451 e. The van der Waals surface area contributed by atoms with E-state index in [-0.39, 0.29) is 10.7 Å². The second kappa shape index (κ2) is 4.57. The molecule has 0 radical (unpaired) electrons. The maximum atomic E-state index is 11.8. The number of rotatable bonds is 1. The number of hydrogen-bond donors (Lipinski definition) is 1. The van der Waals surface area contributed by atoms with Crippen LogP contribution in [0.5, 0.6) is 0 Å². The van der Waals surface area contributed by atoms with Gasteiger partial charge in [0, 0.05) is 7.05 Å². The molecule has 2 rings (SSSR count). The van der Waals surface area contributed by atoms with Crippen LogP contribution in [0.3, 0.4) is 0 Å². The second-order valence-electron chi connectivity index (χ2n) is 3.32. The van der Waals surface area contributed by atoms with Gasteiger partial charge >= 0.3 is 0 Å². The fraction of sp³-hybridized carbons (Fsp3) is 0.100. The molecule has 0 aromatic carbocycles. The van der Waals surface area contributed by atoms with Crippen molar-refractivity contribution >= 4 is 57.8 Å². The van der Waals surface area contributed by atoms with Crippen molar-refractivity contribution in [2.75, 3.05) is 7.05 Å². The molecule has 0 saturated carbocycles. The van der Waals surface area contributed by atoms with Crippen molar-refractivity contribution in [2.24, 2.45) is 0 Å². The van der Waals surface area contributed by atoms with E-state index in [1.54, 1.807) is 12.1 Å². The molecule has 0 aliphatic carbocycles. The number of thiocarbonyl (C=S) groups is 1. The first-order valence-electron chi connectivity index (χ1n) is 4.59. The van der Waals surface area contributed by atoms with Gasteiger partial charge in [0.1, 0.15) is 11.3 Å². The van der Waals surface area contributed by atoms with Gasteiger partial charge < -0.3 is 4.42 Å². The van der Waals surface area contributed by atoms with Gasteiger partial charge in [0.05, 0.1) is 0 Å². The smallest absolute Gasteiger partial charge is 0.265 e. The molecule has 2 heterocycles. The highest BCUT2D eigenvalue weighted by Crippen LogP contribution is 2.16. The fourth-order valence-corrected chi connectivity index (χ4v) is 1.90. The number of amides is 2. The molecular formula is C10H7IN2O3S. The van der Waals surface area contributed by atoms with E-state index in [1.807, 2.05) is 22.6 Å². The summed E-state index contributed by atoms with van der Waals surface area (Å²) in [4.78, 5) is 24.6. The lowest BCUT2D eigenvalue weighted by Crippen LogP contribution is -2.52. The molecule has 17 heavy (non-hydrogen) atoms. The molecule has 1 aliphatic heterocycles. The maximum Gasteiger partial charge on any atom is 0.265 e. The Hall–Kier alpha value is -1.22. The summed E-state index contributed by atoms with van der Waals surface area (Å²) in [5.41, 5.74) is 0.00634. The Morgan fingerprint density at radius 2 is 2.18 bits per heavy atom. The molecule has 1 aromatic heterocycles. The number of hydrogen-bond acceptors (Lipinski definition) is 4. The molecule has 1 saturated heterocycles. The first-order chi connectivity index (χ1) is 7.99. The van der Waals surface area contributed by atoms with E-state index in [0.717, 1.165) is 0 Å². The van der Waals surface area contributed by atoms with Gasteiger partial charge in [-0.2, -0.15) is 0 Å². The van der Waals surface area contributed by atoms with Gasteiger partial charge in [-0.15, -0.1) is 0 Å². The van der Waals surface area contributed by atoms with E-state index in [2.05, 4.69) is 5.32 Å². The molecule has 88 valence electrons. The van der Waals surface area contributed by atoms with Crippen molar-refractivity contribution in [2.45, 2.75) is 0 Å². The van der Waals surface area contributed by atoms with Gasteiger partial charge in [-0.3, -0.25) is 19.8 Å². The molecule has 1 N–H and O–H groups in total. The Balaban J connectivity index is 2.37. The lowest BCUT2D eigenvalue weighted by molar-refractivity contribution is -0.128. The fourth-order valence-electron chi connectivity index (χ4n) is 1.29. The van der Waals surface area contributed by atoms with Gasteiger partial charge in [-0.1, -0.05) is 0 Å². The molecular weight excluding hydrogens is 355 g/mol. The van der Waals surface area contributed by atoms with Crippen LogP contribution in [0.4, 0.5) is 0 Å². The quantitative estimate of drug-likeness (QED) is 0.352. The molecule has 1 fully saturated rings. The van der Waals surface area contributed by atoms with E-state index < -0.39 is 11.8 Å². The third-order valence-corrected chi connectivity index (χ3v) is 3.14. The van der Waals surface area contributed by atoms with Crippen LogP contribution in [0, 0.1) is 3.77 Å². The molecule has 0 spiro atoms. The van der Waals surface area contributed by atoms with E-state index >= 15 is 0 Å². The van der Waals surface area contributed by atoms with Crippen LogP contribution in [0.2, 0.25) is 0 Å². The van der Waals surface area contributed by atoms with Crippen LogP contribution >= 0.6 is 34.8 Å². The number of nitrogens with zero attached hydrogens (tertiary/aromatic N) is 1. The third kappa shape index (κ3) is 2.39. The minimum absolute atomic E-state index is 0.00634. The van der Waals surface area contributed by atoms with Crippen LogP contribution in [0.25, 0.3) is 6.08 Å². The summed E-state index contributed by atoms with van der Waals surface area (Å²) in [7, 11) is 1.50. The minimum Gasteiger partial charge on any atom is -0.451 e. The van der Waals surface area contributed by atoms with E-state index in [9.17, 15) is 9.59 Å². The monoisotopic (exact) mass is 362 g/mol. The Morgan fingerprint density at radius 1 is 1.47 bits per heavy atom. The van der Waals surface area contributed by atoms with Gasteiger partial charge in [0.15, 0.2) is 8.88 Å². The zero-order valence-corrected chi connectivity index (χ0v) is 11.7. The molecule has 0 unspecified atom stereocenters. The van der Waals surface area contributed by atoms with Crippen molar-refractivity contribution in [3.63, 3.8) is 0 Å². The van der Waals surface area contributed by atoms with E-state index in [4.69, 9.17) is 16.6 Å². The predicted molar refractivity (Wildman–Crippen MR) is 72.9 cm³/mol. The molecule has 1 aliphatic rings. The number of carbonyl (C=O) groups excluding carboxylic acids is 2. The summed E-state index contributed by atoms with van der Waals surface area (Å²) in [6.07, 6.45) is 1.40. The van der Waals surface area contributed by atoms with Crippen molar-refractivity contribution in [1.29, 1.82) is 0 Å². The molecule has 0 bridgehead atoms. The molecule has 7 heteroatoms. The number of likely N-dealkylation sites (N-methyl/N-ethyl adjacent to an activating group) is 1. The van der Waals surface area contributed by atoms with Crippen LogP contribution in [-0.2, 0) is 9.59 Å². The maximum absolute atomic E-state index is 11.8. The highest BCUT2D eigenvalue weighted by molar-refractivity contribution is 14.1. The zero-order chi connectivity index (χ0) is 12.6. The second-order valence-corrected chi connectivity index (χ2v) is 4.77. The Bertz CT molecular complexity index is 550. The average Bonchev–Trinajstić information content (AvgIpc) is 2.67. The predicted octanol–water partition coefficient (Wildman–Crippen LogP) is 1.14. The van der Waals surface area contributed by atoms with Crippen LogP contribution < -0.4 is 5.32 Å². The summed E-state index contributed by atoms with van der Waals surface area (Å²) in [6.45, 7) is 0. The summed E-state index contributed by atoms with van der Waals surface area (Å²) < 4.78 is 5.95. The van der Waals surface area contributed by atoms with Gasteiger partial charge in [0.2, 0.25) is 0 Å². The highest BCUT2D eigenvalue weighted by Gasteiger charge is 2.30. The Labute approximate surface area is 116 Å². The van der Waals surface area contributed by atoms with Crippen molar-refractivity contribution in [1.82, 2.24) is 10.2 Å². The lowest BCUT2D eigenvalue weighted by atomic mass is 10.1. The van der Waals surface area contributed by atoms with E-state index in [1.165, 1.54) is 18.0 Å². The number of carbonyl (C=O) groups is 2. The average molecular weight is 362 g/mol. The Morgan fingerprint density at radius 3 is 2.76 bits per heavy atom. The van der Waals surface area contributed by atoms with Crippen LogP contribution in [0.15, 0.2) is 22.1 Å². The van der Waals surface area contributed by atoms with Crippen LogP contribution in [0.1, 0.15) is 5.76 Å². The van der Waals surface area contributed by atoms with Crippen molar-refractivity contribution in [3.05, 3.63) is 27.2 Å². The highest BCUT2D eigenvalue weighted by atomic mass is 127. The number of nitrogens with one attached hydrogen (secondary N) is 1. The van der Waals surface area contributed by atoms with Gasteiger partial charge in [0.25, 0.3) is 11.8 Å². The molecule has 0 atom stereocenters. The first kappa shape index (κ1) is 12.2. The normalized spacial score (nSPS) is 18.8. The van der Waals surface area contributed by atoms with Gasteiger partial charge in [-0.05, 0) is 53.0 Å². The number of halogens is 1. The summed E-state index contributed by atoms with van der Waals surface area (Å²) in [6, 6.07) is 3.43. The van der Waals surface area contributed by atoms with E-state index in [0.29, 0.717) is 9.53 Å². The van der Waals surface area contributed by atoms with Gasteiger partial charge in [-0.25, -0.2) is 0 Å². The van der Waals surface area contributed by atoms with Crippen molar-refractivity contribution < 1.29 is 14.0 Å². The number of furan rings is 1. The SMILES string of the molecule is CN1C(=O)C(=Cc2ccc(I)o2)C(=O)NC1=S. The zero-order valence-electron chi connectivity index (χ0n) is 8.69. The summed E-state index contributed by atoms with van der Waals surface area (Å²) in [5, 5.41) is 2.53. The summed E-state index contributed by atoms with van der Waals surface area (Å²) >= 11 is 6.83. The third-order valence-electron chi connectivity index (χ3n) is 2.19. The standard InChI is InChI=1S/C10H7IN2O3S/c1-13-9(15)6(8(14)12-10(13)17)4-5-2-3-7(11)16-5/h2-4H,1H3,(H,12,14,17).